The summed E-state index contributed by atoms with van der Waals surface area (Å²) in [4.78, 5) is 30.2. The van der Waals surface area contributed by atoms with Gasteiger partial charge in [-0.15, -0.1) is 0 Å². The van der Waals surface area contributed by atoms with Crippen LogP contribution in [0.25, 0.3) is 0 Å². The zero-order valence-electron chi connectivity index (χ0n) is 12.4. The Balaban J connectivity index is 2.22. The molecule has 1 aromatic heterocycles. The minimum Gasteiger partial charge on any atom is -0.344 e. The molecule has 2 amide bonds. The van der Waals surface area contributed by atoms with Gasteiger partial charge in [-0.2, -0.15) is 5.10 Å². The second-order valence-electron chi connectivity index (χ2n) is 6.18. The van der Waals surface area contributed by atoms with Gasteiger partial charge in [0.2, 0.25) is 11.8 Å². The predicted octanol–water partition coefficient (Wildman–Crippen LogP) is 0.0783. The molecule has 0 saturated carbocycles. The van der Waals surface area contributed by atoms with Crippen molar-refractivity contribution in [3.05, 3.63) is 12.2 Å². The molecule has 2 heterocycles. The van der Waals surface area contributed by atoms with E-state index in [1.165, 1.54) is 6.33 Å². The lowest BCUT2D eigenvalue weighted by molar-refractivity contribution is -0.137. The van der Waals surface area contributed by atoms with E-state index < -0.39 is 6.04 Å². The van der Waals surface area contributed by atoms with E-state index in [1.807, 2.05) is 20.8 Å². The molecule has 0 aliphatic carbocycles. The Bertz CT molecular complexity index is 517. The van der Waals surface area contributed by atoms with Gasteiger partial charge in [-0.1, -0.05) is 20.8 Å². The van der Waals surface area contributed by atoms with Crippen LogP contribution in [-0.4, -0.2) is 44.1 Å². The zero-order chi connectivity index (χ0) is 14.9. The molecule has 110 valence electrons. The number of aromatic nitrogens is 3. The molecule has 7 nitrogen and oxygen atoms in total. The molecular formula is C13H21N5O2. The fraction of sp³-hybridized carbons (Fsp3) is 0.692. The highest BCUT2D eigenvalue weighted by molar-refractivity contribution is 5.90. The summed E-state index contributed by atoms with van der Waals surface area (Å²) < 4.78 is 1.64. The summed E-state index contributed by atoms with van der Waals surface area (Å²) in [5, 5.41) is 6.82. The van der Waals surface area contributed by atoms with Crippen molar-refractivity contribution in [3.63, 3.8) is 0 Å². The number of nitrogens with zero attached hydrogens (tertiary/aromatic N) is 4. The molecule has 20 heavy (non-hydrogen) atoms. The molecule has 1 saturated heterocycles. The average Bonchev–Trinajstić information content (AvgIpc) is 2.68. The lowest BCUT2D eigenvalue weighted by atomic mass is 9.86. The summed E-state index contributed by atoms with van der Waals surface area (Å²) in [7, 11) is 1.79. The maximum atomic E-state index is 12.6. The Morgan fingerprint density at radius 3 is 2.65 bits per heavy atom. The molecule has 0 radical (unpaired) electrons. The van der Waals surface area contributed by atoms with Gasteiger partial charge in [-0.05, 0) is 5.41 Å². The van der Waals surface area contributed by atoms with Crippen LogP contribution in [0.4, 0.5) is 0 Å². The monoisotopic (exact) mass is 279 g/mol. The lowest BCUT2D eigenvalue weighted by Crippen LogP contribution is -2.51. The van der Waals surface area contributed by atoms with Crippen LogP contribution >= 0.6 is 0 Å². The molecule has 1 aliphatic rings. The van der Waals surface area contributed by atoms with Crippen LogP contribution in [0.2, 0.25) is 0 Å². The number of hydrogen-bond acceptors (Lipinski definition) is 4. The van der Waals surface area contributed by atoms with E-state index in [0.29, 0.717) is 25.3 Å². The number of rotatable bonds is 2. The summed E-state index contributed by atoms with van der Waals surface area (Å²) in [6.07, 6.45) is 1.78. The van der Waals surface area contributed by atoms with Crippen LogP contribution in [0.5, 0.6) is 0 Å². The molecule has 1 unspecified atom stereocenters. The van der Waals surface area contributed by atoms with Crippen molar-refractivity contribution in [1.82, 2.24) is 25.0 Å². The van der Waals surface area contributed by atoms with E-state index in [-0.39, 0.29) is 17.2 Å². The summed E-state index contributed by atoms with van der Waals surface area (Å²) in [6, 6.07) is -0.509. The Labute approximate surface area is 118 Å². The highest BCUT2D eigenvalue weighted by Crippen LogP contribution is 2.23. The van der Waals surface area contributed by atoms with Crippen LogP contribution < -0.4 is 5.32 Å². The summed E-state index contributed by atoms with van der Waals surface area (Å²) in [5.74, 6) is 0.561. The third-order valence-electron chi connectivity index (χ3n) is 3.48. The minimum absolute atomic E-state index is 0.0636. The predicted molar refractivity (Wildman–Crippen MR) is 72.4 cm³/mol. The van der Waals surface area contributed by atoms with Crippen molar-refractivity contribution in [2.45, 2.75) is 39.8 Å². The van der Waals surface area contributed by atoms with E-state index >= 15 is 0 Å². The standard InChI is InChI=1S/C13H21N5O2/c1-13(2,3)11-12(20)18(6-5-10(19)16-11)7-9-14-8-15-17(9)4/h8,11H,5-7H2,1-4H3,(H,16,19). The van der Waals surface area contributed by atoms with E-state index in [4.69, 9.17) is 0 Å². The Morgan fingerprint density at radius 2 is 2.10 bits per heavy atom. The fourth-order valence-electron chi connectivity index (χ4n) is 2.20. The van der Waals surface area contributed by atoms with Gasteiger partial charge in [0, 0.05) is 20.0 Å². The van der Waals surface area contributed by atoms with Crippen LogP contribution in [0, 0.1) is 5.41 Å². The van der Waals surface area contributed by atoms with Crippen LogP contribution in [-0.2, 0) is 23.2 Å². The maximum Gasteiger partial charge on any atom is 0.246 e. The van der Waals surface area contributed by atoms with Gasteiger partial charge in [0.05, 0.1) is 6.54 Å². The van der Waals surface area contributed by atoms with E-state index in [9.17, 15) is 9.59 Å². The highest BCUT2D eigenvalue weighted by atomic mass is 16.2. The van der Waals surface area contributed by atoms with E-state index in [2.05, 4.69) is 15.4 Å². The lowest BCUT2D eigenvalue weighted by Gasteiger charge is -2.32. The molecule has 1 fully saturated rings. The summed E-state index contributed by atoms with van der Waals surface area (Å²) in [6.45, 7) is 6.62. The summed E-state index contributed by atoms with van der Waals surface area (Å²) in [5.41, 5.74) is -0.324. The Morgan fingerprint density at radius 1 is 1.40 bits per heavy atom. The fourth-order valence-corrected chi connectivity index (χ4v) is 2.20. The van der Waals surface area contributed by atoms with Gasteiger partial charge in [0.1, 0.15) is 18.2 Å². The number of amides is 2. The highest BCUT2D eigenvalue weighted by Gasteiger charge is 2.38. The third-order valence-corrected chi connectivity index (χ3v) is 3.48. The molecule has 0 spiro atoms. The number of carbonyl (C=O) groups excluding carboxylic acids is 2. The van der Waals surface area contributed by atoms with Gasteiger partial charge < -0.3 is 10.2 Å². The van der Waals surface area contributed by atoms with Crippen molar-refractivity contribution in [2.24, 2.45) is 12.5 Å². The maximum absolute atomic E-state index is 12.6. The number of carbonyl (C=O) groups is 2. The average molecular weight is 279 g/mol. The second-order valence-corrected chi connectivity index (χ2v) is 6.18. The van der Waals surface area contributed by atoms with Crippen molar-refractivity contribution in [3.8, 4) is 0 Å². The van der Waals surface area contributed by atoms with Gasteiger partial charge in [-0.3, -0.25) is 14.3 Å². The molecule has 2 rings (SSSR count). The van der Waals surface area contributed by atoms with Crippen molar-refractivity contribution >= 4 is 11.8 Å². The first-order chi connectivity index (χ1) is 9.29. The molecule has 1 aliphatic heterocycles. The second kappa shape index (κ2) is 5.22. The normalized spacial score (nSPS) is 20.8. The molecule has 0 aromatic carbocycles. The largest absolute Gasteiger partial charge is 0.344 e. The Kier molecular flexibility index (Phi) is 3.78. The SMILES string of the molecule is Cn1ncnc1CN1CCC(=O)NC(C(C)(C)C)C1=O. The van der Waals surface area contributed by atoms with E-state index in [1.54, 1.807) is 16.6 Å². The van der Waals surface area contributed by atoms with Crippen molar-refractivity contribution < 1.29 is 9.59 Å². The molecule has 0 bridgehead atoms. The molecule has 1 aromatic rings. The number of hydrogen-bond donors (Lipinski definition) is 1. The summed E-state index contributed by atoms with van der Waals surface area (Å²) >= 11 is 0. The number of aryl methyl sites for hydroxylation is 1. The topological polar surface area (TPSA) is 80.1 Å². The minimum atomic E-state index is -0.509. The zero-order valence-corrected chi connectivity index (χ0v) is 12.4. The van der Waals surface area contributed by atoms with E-state index in [0.717, 1.165) is 0 Å². The van der Waals surface area contributed by atoms with Crippen molar-refractivity contribution in [2.75, 3.05) is 6.54 Å². The molecule has 1 N–H and O–H groups in total. The third kappa shape index (κ3) is 2.97. The number of nitrogens with one attached hydrogen (secondary N) is 1. The van der Waals surface area contributed by atoms with Gasteiger partial charge in [-0.25, -0.2) is 4.98 Å². The van der Waals surface area contributed by atoms with Gasteiger partial charge >= 0.3 is 0 Å². The first kappa shape index (κ1) is 14.5. The van der Waals surface area contributed by atoms with Gasteiger partial charge in [0.25, 0.3) is 0 Å². The smallest absolute Gasteiger partial charge is 0.246 e. The van der Waals surface area contributed by atoms with Crippen molar-refractivity contribution in [1.29, 1.82) is 0 Å². The van der Waals surface area contributed by atoms with Crippen LogP contribution in [0.1, 0.15) is 33.0 Å². The quantitative estimate of drug-likeness (QED) is 0.831. The first-order valence-electron chi connectivity index (χ1n) is 6.70. The van der Waals surface area contributed by atoms with Crippen LogP contribution in [0.15, 0.2) is 6.33 Å². The Hall–Kier alpha value is -1.92. The molecule has 7 heteroatoms. The van der Waals surface area contributed by atoms with Crippen LogP contribution in [0.3, 0.4) is 0 Å². The van der Waals surface area contributed by atoms with Gasteiger partial charge in [0.15, 0.2) is 0 Å². The molecule has 1 atom stereocenters. The first-order valence-corrected chi connectivity index (χ1v) is 6.70. The molecular weight excluding hydrogens is 258 g/mol.